The molecule has 3 heterocycles. The van der Waals surface area contributed by atoms with Gasteiger partial charge >= 0.3 is 0 Å². The lowest BCUT2D eigenvalue weighted by molar-refractivity contribution is 0.270. The largest absolute Gasteiger partial charge is 0.353 e. The fourth-order valence-electron chi connectivity index (χ4n) is 3.86. The van der Waals surface area contributed by atoms with E-state index in [1.165, 1.54) is 0 Å². The average molecular weight is 495 g/mol. The number of rotatable bonds is 5. The predicted octanol–water partition coefficient (Wildman–Crippen LogP) is 1.89. The molecule has 0 bridgehead atoms. The van der Waals surface area contributed by atoms with Crippen LogP contribution in [-0.2, 0) is 10.0 Å². The van der Waals surface area contributed by atoms with Crippen molar-refractivity contribution in [2.75, 3.05) is 68.7 Å². The van der Waals surface area contributed by atoms with E-state index in [0.717, 1.165) is 48.8 Å². The van der Waals surface area contributed by atoms with Crippen molar-refractivity contribution in [1.29, 1.82) is 0 Å². The fourth-order valence-corrected chi connectivity index (χ4v) is 5.55. The lowest BCUT2D eigenvalue weighted by atomic mass is 10.3. The molecule has 2 fully saturated rings. The van der Waals surface area contributed by atoms with E-state index in [2.05, 4.69) is 47.8 Å². The summed E-state index contributed by atoms with van der Waals surface area (Å²) in [5, 5.41) is 8.85. The summed E-state index contributed by atoms with van der Waals surface area (Å²) in [5.41, 5.74) is 0. The van der Waals surface area contributed by atoms with Gasteiger partial charge in [0.15, 0.2) is 11.6 Å². The molecule has 2 saturated heterocycles. The second-order valence-corrected chi connectivity index (χ2v) is 10.4. The Labute approximate surface area is 186 Å². The molecule has 162 valence electrons. The second kappa shape index (κ2) is 9.17. The SMILES string of the molecule is CCN1CCN(c2ccc(N3CCN(S(=O)(=O)c4ccc(Br)cc4)CC3)nn2)CC1. The van der Waals surface area contributed by atoms with Crippen LogP contribution >= 0.6 is 15.9 Å². The third-order valence-electron chi connectivity index (χ3n) is 5.79. The van der Waals surface area contributed by atoms with Crippen LogP contribution in [0.25, 0.3) is 0 Å². The van der Waals surface area contributed by atoms with E-state index in [0.29, 0.717) is 31.1 Å². The van der Waals surface area contributed by atoms with Crippen molar-refractivity contribution in [3.8, 4) is 0 Å². The van der Waals surface area contributed by atoms with Crippen molar-refractivity contribution in [3.05, 3.63) is 40.9 Å². The molecule has 0 spiro atoms. The van der Waals surface area contributed by atoms with E-state index in [9.17, 15) is 8.42 Å². The number of benzene rings is 1. The Hall–Kier alpha value is -1.75. The average Bonchev–Trinajstić information content (AvgIpc) is 2.80. The van der Waals surface area contributed by atoms with Gasteiger partial charge in [0.05, 0.1) is 4.90 Å². The van der Waals surface area contributed by atoms with Crippen LogP contribution in [0.3, 0.4) is 0 Å². The Kier molecular flexibility index (Phi) is 6.57. The summed E-state index contributed by atoms with van der Waals surface area (Å²) in [4.78, 5) is 7.12. The summed E-state index contributed by atoms with van der Waals surface area (Å²) >= 11 is 3.35. The molecule has 30 heavy (non-hydrogen) atoms. The Morgan fingerprint density at radius 2 is 1.30 bits per heavy atom. The van der Waals surface area contributed by atoms with Crippen molar-refractivity contribution in [3.63, 3.8) is 0 Å². The van der Waals surface area contributed by atoms with E-state index in [1.54, 1.807) is 28.6 Å². The van der Waals surface area contributed by atoms with Crippen LogP contribution in [0.5, 0.6) is 0 Å². The summed E-state index contributed by atoms with van der Waals surface area (Å²) in [6, 6.07) is 10.8. The zero-order valence-electron chi connectivity index (χ0n) is 17.1. The fraction of sp³-hybridized carbons (Fsp3) is 0.500. The van der Waals surface area contributed by atoms with E-state index >= 15 is 0 Å². The van der Waals surface area contributed by atoms with Crippen LogP contribution in [0, 0.1) is 0 Å². The van der Waals surface area contributed by atoms with Gasteiger partial charge in [-0.1, -0.05) is 22.9 Å². The summed E-state index contributed by atoms with van der Waals surface area (Å²) in [5.74, 6) is 1.71. The summed E-state index contributed by atoms with van der Waals surface area (Å²) in [7, 11) is -3.47. The highest BCUT2D eigenvalue weighted by atomic mass is 79.9. The monoisotopic (exact) mass is 494 g/mol. The highest BCUT2D eigenvalue weighted by molar-refractivity contribution is 9.10. The highest BCUT2D eigenvalue weighted by Gasteiger charge is 2.29. The second-order valence-electron chi connectivity index (χ2n) is 7.52. The molecular weight excluding hydrogens is 468 g/mol. The maximum absolute atomic E-state index is 12.9. The maximum Gasteiger partial charge on any atom is 0.243 e. The molecule has 2 aromatic rings. The van der Waals surface area contributed by atoms with Gasteiger partial charge in [-0.3, -0.25) is 0 Å². The minimum absolute atomic E-state index is 0.325. The van der Waals surface area contributed by atoms with Gasteiger partial charge in [0, 0.05) is 56.8 Å². The molecule has 0 radical (unpaired) electrons. The van der Waals surface area contributed by atoms with Gasteiger partial charge < -0.3 is 14.7 Å². The summed E-state index contributed by atoms with van der Waals surface area (Å²) in [6.07, 6.45) is 0. The zero-order valence-corrected chi connectivity index (χ0v) is 19.5. The van der Waals surface area contributed by atoms with Gasteiger partial charge in [0.2, 0.25) is 10.0 Å². The molecule has 0 amide bonds. The van der Waals surface area contributed by atoms with Crippen molar-refractivity contribution >= 4 is 37.6 Å². The molecule has 10 heteroatoms. The number of nitrogens with zero attached hydrogens (tertiary/aromatic N) is 6. The number of sulfonamides is 1. The Bertz CT molecular complexity index is 938. The molecule has 0 unspecified atom stereocenters. The standard InChI is InChI=1S/C20H27BrN6O2S/c1-2-24-9-11-25(12-10-24)19-7-8-20(23-22-19)26-13-15-27(16-14-26)30(28,29)18-5-3-17(21)4-6-18/h3-8H,2,9-16H2,1H3. The van der Waals surface area contributed by atoms with Gasteiger partial charge in [-0.2, -0.15) is 4.31 Å². The molecule has 1 aromatic carbocycles. The van der Waals surface area contributed by atoms with E-state index in [1.807, 2.05) is 12.1 Å². The molecule has 1 aromatic heterocycles. The van der Waals surface area contributed by atoms with Gasteiger partial charge in [0.25, 0.3) is 0 Å². The Balaban J connectivity index is 1.35. The van der Waals surface area contributed by atoms with Gasteiger partial charge in [0.1, 0.15) is 0 Å². The highest BCUT2D eigenvalue weighted by Crippen LogP contribution is 2.22. The van der Waals surface area contributed by atoms with Crippen LogP contribution in [0.2, 0.25) is 0 Å². The quantitative estimate of drug-likeness (QED) is 0.628. The first-order valence-corrected chi connectivity index (χ1v) is 12.5. The van der Waals surface area contributed by atoms with Gasteiger partial charge in [-0.15, -0.1) is 10.2 Å². The van der Waals surface area contributed by atoms with Crippen LogP contribution in [0.15, 0.2) is 45.8 Å². The zero-order chi connectivity index (χ0) is 21.1. The van der Waals surface area contributed by atoms with Gasteiger partial charge in [-0.05, 0) is 42.9 Å². The number of anilines is 2. The Morgan fingerprint density at radius 3 is 1.77 bits per heavy atom. The minimum Gasteiger partial charge on any atom is -0.353 e. The van der Waals surface area contributed by atoms with Crippen LogP contribution in [0.1, 0.15) is 6.92 Å². The molecule has 0 aliphatic carbocycles. The molecular formula is C20H27BrN6O2S. The molecule has 8 nitrogen and oxygen atoms in total. The lowest BCUT2D eigenvalue weighted by Gasteiger charge is -2.35. The van der Waals surface area contributed by atoms with Crippen molar-refractivity contribution < 1.29 is 8.42 Å². The molecule has 0 N–H and O–H groups in total. The first-order valence-electron chi connectivity index (χ1n) is 10.3. The van der Waals surface area contributed by atoms with Crippen LogP contribution in [-0.4, -0.2) is 86.7 Å². The van der Waals surface area contributed by atoms with E-state index in [-0.39, 0.29) is 0 Å². The first-order chi connectivity index (χ1) is 14.5. The number of piperazine rings is 2. The minimum atomic E-state index is -3.47. The molecule has 2 aliphatic rings. The van der Waals surface area contributed by atoms with Crippen LogP contribution in [0.4, 0.5) is 11.6 Å². The van der Waals surface area contributed by atoms with Gasteiger partial charge in [-0.25, -0.2) is 8.42 Å². The normalized spacial score (nSPS) is 19.3. The number of hydrogen-bond donors (Lipinski definition) is 0. The summed E-state index contributed by atoms with van der Waals surface area (Å²) < 4.78 is 28.1. The maximum atomic E-state index is 12.9. The molecule has 2 aliphatic heterocycles. The molecule has 0 saturated carbocycles. The third-order valence-corrected chi connectivity index (χ3v) is 8.24. The summed E-state index contributed by atoms with van der Waals surface area (Å²) in [6.45, 7) is 9.36. The number of likely N-dealkylation sites (N-methyl/N-ethyl adjacent to an activating group) is 1. The molecule has 4 rings (SSSR count). The smallest absolute Gasteiger partial charge is 0.243 e. The molecule has 0 atom stereocenters. The van der Waals surface area contributed by atoms with Crippen LogP contribution < -0.4 is 9.80 Å². The van der Waals surface area contributed by atoms with E-state index in [4.69, 9.17) is 0 Å². The number of hydrogen-bond acceptors (Lipinski definition) is 7. The topological polar surface area (TPSA) is 72.9 Å². The van der Waals surface area contributed by atoms with Crippen molar-refractivity contribution in [2.24, 2.45) is 0 Å². The van der Waals surface area contributed by atoms with E-state index < -0.39 is 10.0 Å². The first kappa shape index (κ1) is 21.5. The van der Waals surface area contributed by atoms with Crippen molar-refractivity contribution in [2.45, 2.75) is 11.8 Å². The third kappa shape index (κ3) is 4.61. The number of halogens is 1. The Morgan fingerprint density at radius 1 is 0.800 bits per heavy atom. The predicted molar refractivity (Wildman–Crippen MR) is 121 cm³/mol. The lowest BCUT2D eigenvalue weighted by Crippen LogP contribution is -2.49. The van der Waals surface area contributed by atoms with Crippen molar-refractivity contribution in [1.82, 2.24) is 19.4 Å². The number of aromatic nitrogens is 2.